The molecule has 1 fully saturated rings. The number of hydrogen-bond acceptors (Lipinski definition) is 4. The van der Waals surface area contributed by atoms with Crippen LogP contribution < -0.4 is 0 Å². The molecule has 0 unspecified atom stereocenters. The Kier molecular flexibility index (Phi) is 5.76. The van der Waals surface area contributed by atoms with E-state index in [1.165, 1.54) is 6.07 Å². The molecule has 2 rings (SSSR count). The van der Waals surface area contributed by atoms with Crippen molar-refractivity contribution in [2.75, 3.05) is 6.54 Å². The van der Waals surface area contributed by atoms with Crippen molar-refractivity contribution in [2.45, 2.75) is 45.8 Å². The molecule has 6 heteroatoms. The van der Waals surface area contributed by atoms with Gasteiger partial charge in [-0.2, -0.15) is 0 Å². The SMILES string of the molecule is C=C=C(CC(C)C)N1CC(C)(C)SC1=Nc1ccc([N+](=O)[O-])cc1C. The van der Waals surface area contributed by atoms with E-state index in [1.54, 1.807) is 23.9 Å². The van der Waals surface area contributed by atoms with Crippen LogP contribution >= 0.6 is 11.8 Å². The molecule has 0 N–H and O–H groups in total. The molecule has 1 aliphatic rings. The molecule has 1 aromatic carbocycles. The number of hydrogen-bond donors (Lipinski definition) is 0. The van der Waals surface area contributed by atoms with Crippen molar-refractivity contribution in [1.82, 2.24) is 4.90 Å². The molecule has 1 saturated heterocycles. The zero-order valence-electron chi connectivity index (χ0n) is 15.5. The third-order valence-corrected chi connectivity index (χ3v) is 5.05. The standard InChI is InChI=1S/C19H25N3O2S/c1-7-15(10-13(2)3)21-12-19(5,6)25-18(21)20-17-9-8-16(22(23)24)11-14(17)4/h8-9,11,13H,1,10,12H2,2-6H3. The predicted molar refractivity (Wildman–Crippen MR) is 105 cm³/mol. The van der Waals surface area contributed by atoms with Gasteiger partial charge in [-0.3, -0.25) is 10.1 Å². The largest absolute Gasteiger partial charge is 0.316 e. The van der Waals surface area contributed by atoms with Gasteiger partial charge in [-0.1, -0.05) is 32.2 Å². The summed E-state index contributed by atoms with van der Waals surface area (Å²) in [5.74, 6) is 0.500. The second-order valence-corrected chi connectivity index (χ2v) is 8.97. The second kappa shape index (κ2) is 7.46. The first-order chi connectivity index (χ1) is 11.6. The summed E-state index contributed by atoms with van der Waals surface area (Å²) >= 11 is 1.71. The maximum Gasteiger partial charge on any atom is 0.269 e. The fourth-order valence-electron chi connectivity index (χ4n) is 2.72. The molecule has 0 spiro atoms. The Morgan fingerprint density at radius 3 is 2.72 bits per heavy atom. The molecule has 1 aromatic rings. The average Bonchev–Trinajstić information content (AvgIpc) is 2.81. The highest BCUT2D eigenvalue weighted by molar-refractivity contribution is 8.15. The quantitative estimate of drug-likeness (QED) is 0.399. The van der Waals surface area contributed by atoms with Gasteiger partial charge >= 0.3 is 0 Å². The van der Waals surface area contributed by atoms with Crippen molar-refractivity contribution >= 4 is 28.3 Å². The third kappa shape index (κ3) is 4.74. The summed E-state index contributed by atoms with van der Waals surface area (Å²) in [6.45, 7) is 15.3. The molecule has 0 radical (unpaired) electrons. The minimum Gasteiger partial charge on any atom is -0.316 e. The van der Waals surface area contributed by atoms with Gasteiger partial charge in [-0.25, -0.2) is 4.99 Å². The molecule has 1 aliphatic heterocycles. The number of allylic oxidation sites excluding steroid dienone is 1. The van der Waals surface area contributed by atoms with Gasteiger partial charge in [-0.05, 0) is 44.7 Å². The molecule has 1 heterocycles. The normalized spacial score (nSPS) is 17.8. The summed E-state index contributed by atoms with van der Waals surface area (Å²) in [6, 6.07) is 4.77. The van der Waals surface area contributed by atoms with Crippen LogP contribution in [0.1, 0.15) is 39.7 Å². The summed E-state index contributed by atoms with van der Waals surface area (Å²) in [4.78, 5) is 17.5. The second-order valence-electron chi connectivity index (χ2n) is 7.29. The van der Waals surface area contributed by atoms with Crippen molar-refractivity contribution in [3.05, 3.63) is 51.9 Å². The van der Waals surface area contributed by atoms with Gasteiger partial charge in [0.2, 0.25) is 0 Å². The van der Waals surface area contributed by atoms with E-state index in [0.29, 0.717) is 5.92 Å². The Morgan fingerprint density at radius 2 is 2.20 bits per heavy atom. The van der Waals surface area contributed by atoms with Crippen molar-refractivity contribution < 1.29 is 4.92 Å². The van der Waals surface area contributed by atoms with Crippen LogP contribution in [-0.4, -0.2) is 26.3 Å². The van der Waals surface area contributed by atoms with Crippen molar-refractivity contribution in [1.29, 1.82) is 0 Å². The summed E-state index contributed by atoms with van der Waals surface area (Å²) in [6.07, 6.45) is 0.887. The van der Waals surface area contributed by atoms with Crippen molar-refractivity contribution in [2.24, 2.45) is 10.9 Å². The molecular formula is C19H25N3O2S. The van der Waals surface area contributed by atoms with Gasteiger partial charge in [-0.15, -0.1) is 5.73 Å². The number of non-ortho nitro benzene ring substituents is 1. The van der Waals surface area contributed by atoms with E-state index in [-0.39, 0.29) is 15.4 Å². The molecule has 0 saturated carbocycles. The Hall–Kier alpha value is -2.04. The van der Waals surface area contributed by atoms with Crippen LogP contribution in [0.3, 0.4) is 0 Å². The maximum atomic E-state index is 10.9. The first-order valence-electron chi connectivity index (χ1n) is 8.32. The Morgan fingerprint density at radius 1 is 1.52 bits per heavy atom. The lowest BCUT2D eigenvalue weighted by atomic mass is 10.1. The van der Waals surface area contributed by atoms with Gasteiger partial charge in [0.05, 0.1) is 16.3 Å². The van der Waals surface area contributed by atoms with E-state index in [4.69, 9.17) is 4.99 Å². The van der Waals surface area contributed by atoms with E-state index in [1.807, 2.05) is 6.92 Å². The number of aryl methyl sites for hydroxylation is 1. The van der Waals surface area contributed by atoms with E-state index in [9.17, 15) is 10.1 Å². The monoisotopic (exact) mass is 359 g/mol. The maximum absolute atomic E-state index is 10.9. The molecular weight excluding hydrogens is 334 g/mol. The Labute approximate surface area is 153 Å². The summed E-state index contributed by atoms with van der Waals surface area (Å²) in [7, 11) is 0. The molecule has 25 heavy (non-hydrogen) atoms. The number of nitro benzene ring substituents is 1. The topological polar surface area (TPSA) is 58.7 Å². The number of aliphatic imine (C=N–C) groups is 1. The third-order valence-electron chi connectivity index (χ3n) is 3.88. The van der Waals surface area contributed by atoms with Gasteiger partial charge in [0, 0.05) is 23.4 Å². The molecule has 0 aromatic heterocycles. The van der Waals surface area contributed by atoms with E-state index < -0.39 is 0 Å². The minimum atomic E-state index is -0.384. The van der Waals surface area contributed by atoms with E-state index >= 15 is 0 Å². The highest BCUT2D eigenvalue weighted by Gasteiger charge is 2.37. The van der Waals surface area contributed by atoms with Crippen LogP contribution in [0.15, 0.2) is 41.2 Å². The zero-order chi connectivity index (χ0) is 18.8. The average molecular weight is 359 g/mol. The number of nitrogens with zero attached hydrogens (tertiary/aromatic N) is 3. The van der Waals surface area contributed by atoms with Crippen LogP contribution in [0, 0.1) is 23.0 Å². The summed E-state index contributed by atoms with van der Waals surface area (Å²) in [5, 5.41) is 11.8. The fraction of sp³-hybridized carbons (Fsp3) is 0.474. The van der Waals surface area contributed by atoms with E-state index in [0.717, 1.165) is 35.1 Å². The number of benzene rings is 1. The first kappa shape index (κ1) is 19.3. The van der Waals surface area contributed by atoms with E-state index in [2.05, 4.69) is 44.9 Å². The number of rotatable bonds is 5. The molecule has 0 bridgehead atoms. The lowest BCUT2D eigenvalue weighted by Crippen LogP contribution is -2.28. The van der Waals surface area contributed by atoms with Crippen LogP contribution in [0.25, 0.3) is 0 Å². The minimum absolute atomic E-state index is 0.0343. The molecule has 5 nitrogen and oxygen atoms in total. The highest BCUT2D eigenvalue weighted by atomic mass is 32.2. The van der Waals surface area contributed by atoms with Crippen LogP contribution in [0.4, 0.5) is 11.4 Å². The van der Waals surface area contributed by atoms with Gasteiger partial charge in [0.1, 0.15) is 0 Å². The van der Waals surface area contributed by atoms with Gasteiger partial charge in [0.25, 0.3) is 5.69 Å². The molecule has 0 atom stereocenters. The highest BCUT2D eigenvalue weighted by Crippen LogP contribution is 2.40. The fourth-order valence-corrected chi connectivity index (χ4v) is 3.84. The van der Waals surface area contributed by atoms with Gasteiger partial charge < -0.3 is 4.90 Å². The van der Waals surface area contributed by atoms with Gasteiger partial charge in [0.15, 0.2) is 5.17 Å². The molecule has 0 amide bonds. The molecule has 134 valence electrons. The number of thioether (sulfide) groups is 1. The molecule has 0 aliphatic carbocycles. The van der Waals surface area contributed by atoms with Crippen LogP contribution in [-0.2, 0) is 0 Å². The number of nitro groups is 1. The first-order valence-corrected chi connectivity index (χ1v) is 9.14. The van der Waals surface area contributed by atoms with Crippen LogP contribution in [0.2, 0.25) is 0 Å². The van der Waals surface area contributed by atoms with Crippen molar-refractivity contribution in [3.8, 4) is 0 Å². The van der Waals surface area contributed by atoms with Crippen molar-refractivity contribution in [3.63, 3.8) is 0 Å². The lowest BCUT2D eigenvalue weighted by Gasteiger charge is -2.22. The lowest BCUT2D eigenvalue weighted by molar-refractivity contribution is -0.384. The Bertz CT molecular complexity index is 762. The zero-order valence-corrected chi connectivity index (χ0v) is 16.3. The summed E-state index contributed by atoms with van der Waals surface area (Å²) in [5.41, 5.74) is 5.76. The Balaban J connectivity index is 2.42. The van der Waals surface area contributed by atoms with Crippen LogP contribution in [0.5, 0.6) is 0 Å². The smallest absolute Gasteiger partial charge is 0.269 e. The predicted octanol–water partition coefficient (Wildman–Crippen LogP) is 5.43. The summed E-state index contributed by atoms with van der Waals surface area (Å²) < 4.78 is 0.0343. The number of amidine groups is 1.